The molecule has 7 heteroatoms. The molecule has 0 spiro atoms. The molecule has 3 heterocycles. The van der Waals surface area contributed by atoms with Gasteiger partial charge in [-0.25, -0.2) is 0 Å². The number of Topliss-reactive ketones (excluding diaryl/α,β-unsaturated/α-hetero) is 1. The highest BCUT2D eigenvalue weighted by molar-refractivity contribution is 7.15. The minimum atomic E-state index is 0.00375. The van der Waals surface area contributed by atoms with Gasteiger partial charge in [-0.3, -0.25) is 9.59 Å². The van der Waals surface area contributed by atoms with Crippen molar-refractivity contribution in [3.63, 3.8) is 0 Å². The van der Waals surface area contributed by atoms with E-state index in [9.17, 15) is 9.59 Å². The summed E-state index contributed by atoms with van der Waals surface area (Å²) in [6, 6.07) is 5.64. The van der Waals surface area contributed by atoms with Gasteiger partial charge in [0.05, 0.1) is 15.4 Å². The van der Waals surface area contributed by atoms with Crippen LogP contribution < -0.4 is 4.90 Å². The van der Waals surface area contributed by atoms with Crippen LogP contribution in [0.2, 0.25) is 0 Å². The first-order valence-electron chi connectivity index (χ1n) is 8.62. The third kappa shape index (κ3) is 3.16. The fraction of sp³-hybridized carbons (Fsp3) is 0.444. The molecule has 130 valence electrons. The molecule has 2 aliphatic rings. The van der Waals surface area contributed by atoms with Gasteiger partial charge in [0.25, 0.3) is 5.91 Å². The second-order valence-electron chi connectivity index (χ2n) is 6.53. The SMILES string of the molecule is CC(=O)c1ccc(C(=O)N2CCN(c3cc4c(nn3)CCC4)CC2)s1. The van der Waals surface area contributed by atoms with Crippen LogP contribution in [-0.2, 0) is 12.8 Å². The Morgan fingerprint density at radius 2 is 1.80 bits per heavy atom. The van der Waals surface area contributed by atoms with Crippen LogP contribution in [0.25, 0.3) is 0 Å². The summed E-state index contributed by atoms with van der Waals surface area (Å²) in [6.45, 7) is 4.35. The highest BCUT2D eigenvalue weighted by atomic mass is 32.1. The maximum atomic E-state index is 12.6. The Labute approximate surface area is 150 Å². The number of hydrogen-bond acceptors (Lipinski definition) is 6. The molecule has 1 aliphatic heterocycles. The maximum Gasteiger partial charge on any atom is 0.264 e. The van der Waals surface area contributed by atoms with Crippen molar-refractivity contribution in [2.45, 2.75) is 26.2 Å². The second kappa shape index (κ2) is 6.55. The Morgan fingerprint density at radius 3 is 2.52 bits per heavy atom. The van der Waals surface area contributed by atoms with Crippen molar-refractivity contribution in [2.75, 3.05) is 31.1 Å². The minimum absolute atomic E-state index is 0.00375. The number of fused-ring (bicyclic) bond motifs is 1. The molecule has 0 bridgehead atoms. The molecule has 0 aromatic carbocycles. The van der Waals surface area contributed by atoms with Gasteiger partial charge in [0.2, 0.25) is 0 Å². The largest absolute Gasteiger partial charge is 0.352 e. The monoisotopic (exact) mass is 356 g/mol. The van der Waals surface area contributed by atoms with Gasteiger partial charge < -0.3 is 9.80 Å². The summed E-state index contributed by atoms with van der Waals surface area (Å²) >= 11 is 1.28. The summed E-state index contributed by atoms with van der Waals surface area (Å²) in [4.78, 5) is 29.3. The number of ketones is 1. The lowest BCUT2D eigenvalue weighted by Crippen LogP contribution is -2.49. The second-order valence-corrected chi connectivity index (χ2v) is 7.61. The molecule has 1 saturated heterocycles. The van der Waals surface area contributed by atoms with Gasteiger partial charge in [0, 0.05) is 26.2 Å². The van der Waals surface area contributed by atoms with E-state index in [-0.39, 0.29) is 11.7 Å². The van der Waals surface area contributed by atoms with Crippen LogP contribution in [0.3, 0.4) is 0 Å². The van der Waals surface area contributed by atoms with E-state index in [1.807, 2.05) is 4.90 Å². The number of nitrogens with zero attached hydrogens (tertiary/aromatic N) is 4. The number of carbonyl (C=O) groups excluding carboxylic acids is 2. The number of hydrogen-bond donors (Lipinski definition) is 0. The fourth-order valence-electron chi connectivity index (χ4n) is 3.41. The molecule has 6 nitrogen and oxygen atoms in total. The van der Waals surface area contributed by atoms with Gasteiger partial charge in [-0.2, -0.15) is 5.10 Å². The fourth-order valence-corrected chi connectivity index (χ4v) is 4.28. The lowest BCUT2D eigenvalue weighted by atomic mass is 10.2. The van der Waals surface area contributed by atoms with Gasteiger partial charge in [-0.05, 0) is 49.9 Å². The molecule has 1 aliphatic carbocycles. The Balaban J connectivity index is 1.40. The molecule has 2 aromatic rings. The van der Waals surface area contributed by atoms with Crippen LogP contribution in [0.5, 0.6) is 0 Å². The van der Waals surface area contributed by atoms with E-state index in [0.29, 0.717) is 22.8 Å². The number of carbonyl (C=O) groups is 2. The Morgan fingerprint density at radius 1 is 1.04 bits per heavy atom. The molecule has 1 amide bonds. The molecule has 1 fully saturated rings. The first-order chi connectivity index (χ1) is 12.1. The van der Waals surface area contributed by atoms with Crippen molar-refractivity contribution < 1.29 is 9.59 Å². The van der Waals surface area contributed by atoms with E-state index in [2.05, 4.69) is 21.2 Å². The van der Waals surface area contributed by atoms with Gasteiger partial charge in [0.1, 0.15) is 0 Å². The van der Waals surface area contributed by atoms with E-state index in [4.69, 9.17) is 0 Å². The topological polar surface area (TPSA) is 66.4 Å². The lowest BCUT2D eigenvalue weighted by Gasteiger charge is -2.35. The quantitative estimate of drug-likeness (QED) is 0.789. The van der Waals surface area contributed by atoms with Gasteiger partial charge in [0.15, 0.2) is 11.6 Å². The van der Waals surface area contributed by atoms with Crippen LogP contribution in [0.15, 0.2) is 18.2 Å². The standard InChI is InChI=1S/C18H20N4O2S/c1-12(23)15-5-6-16(25-15)18(24)22-9-7-21(8-10-22)17-11-13-3-2-4-14(13)19-20-17/h5-6,11H,2-4,7-10H2,1H3. The van der Waals surface area contributed by atoms with Crippen molar-refractivity contribution >= 4 is 28.8 Å². The molecule has 25 heavy (non-hydrogen) atoms. The van der Waals surface area contributed by atoms with E-state index < -0.39 is 0 Å². The number of anilines is 1. The normalized spacial score (nSPS) is 16.8. The van der Waals surface area contributed by atoms with Crippen LogP contribution in [0.4, 0.5) is 5.82 Å². The number of thiophene rings is 1. The van der Waals surface area contributed by atoms with Crippen LogP contribution >= 0.6 is 11.3 Å². The predicted molar refractivity (Wildman–Crippen MR) is 96.5 cm³/mol. The van der Waals surface area contributed by atoms with Crippen molar-refractivity contribution in [1.29, 1.82) is 0 Å². The Hall–Kier alpha value is -2.28. The van der Waals surface area contributed by atoms with E-state index in [1.165, 1.54) is 30.2 Å². The summed E-state index contributed by atoms with van der Waals surface area (Å²) in [5, 5.41) is 8.71. The van der Waals surface area contributed by atoms with Crippen molar-refractivity contribution in [1.82, 2.24) is 15.1 Å². The average molecular weight is 356 g/mol. The summed E-state index contributed by atoms with van der Waals surface area (Å²) in [7, 11) is 0. The number of piperazine rings is 1. The average Bonchev–Trinajstić information content (AvgIpc) is 3.30. The summed E-state index contributed by atoms with van der Waals surface area (Å²) < 4.78 is 0. The number of amides is 1. The van der Waals surface area contributed by atoms with Crippen LogP contribution in [0, 0.1) is 0 Å². The third-order valence-electron chi connectivity index (χ3n) is 4.86. The zero-order valence-corrected chi connectivity index (χ0v) is 15.0. The Kier molecular flexibility index (Phi) is 4.25. The molecule has 2 aromatic heterocycles. The molecule has 0 saturated carbocycles. The van der Waals surface area contributed by atoms with Crippen molar-refractivity contribution in [3.05, 3.63) is 39.2 Å². The number of rotatable bonds is 3. The molecule has 0 N–H and O–H groups in total. The molecular formula is C18H20N4O2S. The molecule has 0 unspecified atom stereocenters. The molecule has 4 rings (SSSR count). The maximum absolute atomic E-state index is 12.6. The highest BCUT2D eigenvalue weighted by Gasteiger charge is 2.25. The number of aromatic nitrogens is 2. The minimum Gasteiger partial charge on any atom is -0.352 e. The lowest BCUT2D eigenvalue weighted by molar-refractivity contribution is 0.0751. The van der Waals surface area contributed by atoms with E-state index in [1.54, 1.807) is 12.1 Å². The number of aryl methyl sites for hydroxylation is 2. The third-order valence-corrected chi connectivity index (χ3v) is 6.04. The highest BCUT2D eigenvalue weighted by Crippen LogP contribution is 2.24. The zero-order valence-electron chi connectivity index (χ0n) is 14.2. The van der Waals surface area contributed by atoms with Crippen molar-refractivity contribution in [3.8, 4) is 0 Å². The van der Waals surface area contributed by atoms with E-state index >= 15 is 0 Å². The first-order valence-corrected chi connectivity index (χ1v) is 9.44. The first kappa shape index (κ1) is 16.2. The molecule has 0 radical (unpaired) electrons. The van der Waals surface area contributed by atoms with Gasteiger partial charge in [-0.15, -0.1) is 16.4 Å². The van der Waals surface area contributed by atoms with Gasteiger partial charge in [-0.1, -0.05) is 0 Å². The van der Waals surface area contributed by atoms with Crippen LogP contribution in [-0.4, -0.2) is 53.0 Å². The summed E-state index contributed by atoms with van der Waals surface area (Å²) in [5.74, 6) is 0.934. The zero-order chi connectivity index (χ0) is 17.4. The van der Waals surface area contributed by atoms with Gasteiger partial charge >= 0.3 is 0 Å². The molecular weight excluding hydrogens is 336 g/mol. The Bertz CT molecular complexity index is 824. The summed E-state index contributed by atoms with van der Waals surface area (Å²) in [6.07, 6.45) is 3.29. The predicted octanol–water partition coefficient (Wildman–Crippen LogP) is 2.19. The smallest absolute Gasteiger partial charge is 0.264 e. The van der Waals surface area contributed by atoms with E-state index in [0.717, 1.165) is 37.4 Å². The van der Waals surface area contributed by atoms with Crippen LogP contribution in [0.1, 0.15) is 43.9 Å². The van der Waals surface area contributed by atoms with Crippen molar-refractivity contribution in [2.24, 2.45) is 0 Å². The molecule has 0 atom stereocenters. The summed E-state index contributed by atoms with van der Waals surface area (Å²) in [5.41, 5.74) is 2.45.